The van der Waals surface area contributed by atoms with E-state index in [9.17, 15) is 4.79 Å². The molecule has 6 rings (SSSR count). The first-order valence-electron chi connectivity index (χ1n) is 14.2. The molecule has 11 heteroatoms. The monoisotopic (exact) mass is 555 g/mol. The zero-order chi connectivity index (χ0) is 28.5. The van der Waals surface area contributed by atoms with Gasteiger partial charge >= 0.3 is 0 Å². The van der Waals surface area contributed by atoms with Crippen molar-refractivity contribution in [1.29, 1.82) is 0 Å². The van der Waals surface area contributed by atoms with Crippen LogP contribution in [0.5, 0.6) is 5.75 Å². The SMILES string of the molecule is CC(C)c1nn(Cc2ccn(C)n2)c2cccc(NC(=O)c3cnc4cc(OCCN5CCN(C)CC5)ccn34)c12. The predicted molar refractivity (Wildman–Crippen MR) is 159 cm³/mol. The van der Waals surface area contributed by atoms with Crippen molar-refractivity contribution in [2.75, 3.05) is 51.7 Å². The molecule has 1 N–H and O–H groups in total. The summed E-state index contributed by atoms with van der Waals surface area (Å²) in [6, 6.07) is 11.7. The summed E-state index contributed by atoms with van der Waals surface area (Å²) in [6.45, 7) is 10.6. The van der Waals surface area contributed by atoms with Gasteiger partial charge in [0, 0.05) is 63.6 Å². The number of ether oxygens (including phenoxy) is 1. The first kappa shape index (κ1) is 27.0. The fraction of sp³-hybridized carbons (Fsp3) is 0.400. The van der Waals surface area contributed by atoms with Crippen LogP contribution in [0.3, 0.4) is 0 Å². The minimum atomic E-state index is -0.235. The van der Waals surface area contributed by atoms with Crippen molar-refractivity contribution in [2.24, 2.45) is 7.05 Å². The molecule has 0 atom stereocenters. The largest absolute Gasteiger partial charge is 0.492 e. The van der Waals surface area contributed by atoms with E-state index in [2.05, 4.69) is 46.1 Å². The van der Waals surface area contributed by atoms with Crippen molar-refractivity contribution in [2.45, 2.75) is 26.3 Å². The van der Waals surface area contributed by atoms with Crippen LogP contribution >= 0.6 is 0 Å². The first-order valence-corrected chi connectivity index (χ1v) is 14.2. The second kappa shape index (κ2) is 11.3. The minimum absolute atomic E-state index is 0.172. The number of fused-ring (bicyclic) bond motifs is 2. The lowest BCUT2D eigenvalue weighted by atomic mass is 10.0. The second-order valence-corrected chi connectivity index (χ2v) is 11.1. The number of piperazine rings is 1. The van der Waals surface area contributed by atoms with E-state index in [1.807, 2.05) is 60.5 Å². The molecule has 11 nitrogen and oxygen atoms in total. The average Bonchev–Trinajstić information content (AvgIpc) is 3.67. The highest BCUT2D eigenvalue weighted by Crippen LogP contribution is 2.32. The lowest BCUT2D eigenvalue weighted by Crippen LogP contribution is -2.45. The third-order valence-corrected chi connectivity index (χ3v) is 7.67. The van der Waals surface area contributed by atoms with Crippen LogP contribution in [0, 0.1) is 0 Å². The Morgan fingerprint density at radius 1 is 1.05 bits per heavy atom. The Morgan fingerprint density at radius 2 is 1.88 bits per heavy atom. The van der Waals surface area contributed by atoms with Gasteiger partial charge in [-0.15, -0.1) is 0 Å². The van der Waals surface area contributed by atoms with Gasteiger partial charge in [-0.25, -0.2) is 4.98 Å². The Kier molecular flexibility index (Phi) is 7.46. The third kappa shape index (κ3) is 5.68. The van der Waals surface area contributed by atoms with E-state index in [0.29, 0.717) is 24.5 Å². The molecule has 1 aliphatic heterocycles. The number of benzene rings is 1. The Hall–Kier alpha value is -4.22. The van der Waals surface area contributed by atoms with Gasteiger partial charge in [0.25, 0.3) is 5.91 Å². The molecule has 5 aromatic rings. The quantitative estimate of drug-likeness (QED) is 0.298. The van der Waals surface area contributed by atoms with E-state index < -0.39 is 0 Å². The summed E-state index contributed by atoms with van der Waals surface area (Å²) in [5, 5.41) is 13.5. The van der Waals surface area contributed by atoms with Crippen molar-refractivity contribution in [3.8, 4) is 5.75 Å². The van der Waals surface area contributed by atoms with Crippen LogP contribution in [0.25, 0.3) is 16.6 Å². The number of imidazole rings is 1. The van der Waals surface area contributed by atoms with Gasteiger partial charge in [0.2, 0.25) is 0 Å². The summed E-state index contributed by atoms with van der Waals surface area (Å²) in [4.78, 5) is 22.8. The predicted octanol–water partition coefficient (Wildman–Crippen LogP) is 3.47. The Balaban J connectivity index is 1.19. The van der Waals surface area contributed by atoms with Crippen LogP contribution in [0.15, 0.2) is 55.0 Å². The normalized spacial score (nSPS) is 14.9. The molecule has 0 radical (unpaired) electrons. The lowest BCUT2D eigenvalue weighted by molar-refractivity contribution is 0.102. The molecule has 1 fully saturated rings. The smallest absolute Gasteiger partial charge is 0.274 e. The molecule has 1 aromatic carbocycles. The average molecular weight is 556 g/mol. The number of hydrogen-bond donors (Lipinski definition) is 1. The molecule has 5 heterocycles. The molecule has 0 aliphatic carbocycles. The highest BCUT2D eigenvalue weighted by atomic mass is 16.5. The number of rotatable bonds is 9. The van der Waals surface area contributed by atoms with Crippen LogP contribution in [-0.2, 0) is 13.6 Å². The van der Waals surface area contributed by atoms with Gasteiger partial charge in [-0.3, -0.25) is 23.5 Å². The molecule has 0 saturated carbocycles. The summed E-state index contributed by atoms with van der Waals surface area (Å²) in [6.07, 6.45) is 5.37. The number of amides is 1. The van der Waals surface area contributed by atoms with Crippen molar-refractivity contribution in [3.63, 3.8) is 0 Å². The molecular formula is C30H37N9O2. The van der Waals surface area contributed by atoms with Crippen LogP contribution in [0.4, 0.5) is 5.69 Å². The molecule has 0 spiro atoms. The molecule has 214 valence electrons. The maximum absolute atomic E-state index is 13.5. The van der Waals surface area contributed by atoms with Gasteiger partial charge in [0.1, 0.15) is 23.7 Å². The highest BCUT2D eigenvalue weighted by molar-refractivity contribution is 6.09. The number of nitrogens with one attached hydrogen (secondary N) is 1. The Labute approximate surface area is 239 Å². The van der Waals surface area contributed by atoms with Crippen molar-refractivity contribution >= 4 is 28.1 Å². The molecular weight excluding hydrogens is 518 g/mol. The number of anilines is 1. The summed E-state index contributed by atoms with van der Waals surface area (Å²) in [7, 11) is 4.06. The zero-order valence-corrected chi connectivity index (χ0v) is 24.1. The lowest BCUT2D eigenvalue weighted by Gasteiger charge is -2.32. The summed E-state index contributed by atoms with van der Waals surface area (Å²) >= 11 is 0. The molecule has 41 heavy (non-hydrogen) atoms. The molecule has 1 saturated heterocycles. The van der Waals surface area contributed by atoms with Crippen molar-refractivity contribution < 1.29 is 9.53 Å². The second-order valence-electron chi connectivity index (χ2n) is 11.1. The van der Waals surface area contributed by atoms with Crippen molar-refractivity contribution in [1.82, 2.24) is 38.7 Å². The number of aromatic nitrogens is 6. The van der Waals surface area contributed by atoms with Crippen LogP contribution in [0.1, 0.15) is 41.6 Å². The Bertz CT molecular complexity index is 1670. The molecule has 1 aliphatic rings. The van der Waals surface area contributed by atoms with Gasteiger partial charge in [-0.05, 0) is 37.2 Å². The molecule has 4 aromatic heterocycles. The standard InChI is InChI=1S/C30H37N9O2/c1-21(2)29-28-24(6-5-7-25(28)39(34-29)20-22-8-10-36(4)33-22)32-30(40)26-19-31-27-18-23(9-11-38(26)27)41-17-16-37-14-12-35(3)13-15-37/h5-11,18-19,21H,12-17,20H2,1-4H3,(H,32,40). The van der Waals surface area contributed by atoms with Gasteiger partial charge in [-0.1, -0.05) is 19.9 Å². The number of nitrogens with zero attached hydrogens (tertiary/aromatic N) is 8. The van der Waals surface area contributed by atoms with Gasteiger partial charge in [-0.2, -0.15) is 10.2 Å². The van der Waals surface area contributed by atoms with Crippen molar-refractivity contribution in [3.05, 3.63) is 72.1 Å². The molecule has 0 unspecified atom stereocenters. The Morgan fingerprint density at radius 3 is 2.63 bits per heavy atom. The number of carbonyl (C=O) groups excluding carboxylic acids is 1. The maximum Gasteiger partial charge on any atom is 0.274 e. The molecule has 1 amide bonds. The summed E-state index contributed by atoms with van der Waals surface area (Å²) in [5.41, 5.74) is 4.65. The number of hydrogen-bond acceptors (Lipinski definition) is 7. The summed E-state index contributed by atoms with van der Waals surface area (Å²) in [5.74, 6) is 0.683. The minimum Gasteiger partial charge on any atom is -0.492 e. The fourth-order valence-corrected chi connectivity index (χ4v) is 5.36. The summed E-state index contributed by atoms with van der Waals surface area (Å²) < 4.78 is 11.6. The fourth-order valence-electron chi connectivity index (χ4n) is 5.36. The van der Waals surface area contributed by atoms with E-state index in [1.165, 1.54) is 0 Å². The molecule has 0 bridgehead atoms. The first-order chi connectivity index (χ1) is 19.9. The van der Waals surface area contributed by atoms with Gasteiger partial charge in [0.05, 0.1) is 35.3 Å². The van der Waals surface area contributed by atoms with Gasteiger partial charge < -0.3 is 15.0 Å². The van der Waals surface area contributed by atoms with E-state index in [0.717, 1.165) is 66.5 Å². The van der Waals surface area contributed by atoms with Crippen LogP contribution in [0.2, 0.25) is 0 Å². The van der Waals surface area contributed by atoms with Crippen LogP contribution in [-0.4, -0.2) is 91.0 Å². The third-order valence-electron chi connectivity index (χ3n) is 7.67. The van der Waals surface area contributed by atoms with E-state index in [-0.39, 0.29) is 11.8 Å². The van der Waals surface area contributed by atoms with Gasteiger partial charge in [0.15, 0.2) is 0 Å². The highest BCUT2D eigenvalue weighted by Gasteiger charge is 2.20. The van der Waals surface area contributed by atoms with E-state index in [1.54, 1.807) is 15.3 Å². The van der Waals surface area contributed by atoms with Crippen LogP contribution < -0.4 is 10.1 Å². The number of pyridine rings is 1. The number of aryl methyl sites for hydroxylation is 1. The number of carbonyl (C=O) groups is 1. The maximum atomic E-state index is 13.5. The van der Waals surface area contributed by atoms with E-state index >= 15 is 0 Å². The zero-order valence-electron chi connectivity index (χ0n) is 24.1. The number of likely N-dealkylation sites (N-methyl/N-ethyl adjacent to an activating group) is 1. The topological polar surface area (TPSA) is 97.8 Å². The van der Waals surface area contributed by atoms with E-state index in [4.69, 9.17) is 9.84 Å².